The molecule has 0 unspecified atom stereocenters. The second-order valence-electron chi connectivity index (χ2n) is 6.04. The average Bonchev–Trinajstić information content (AvgIpc) is 3.43. The van der Waals surface area contributed by atoms with E-state index in [1.807, 2.05) is 17.5 Å². The van der Waals surface area contributed by atoms with E-state index in [9.17, 15) is 19.2 Å². The van der Waals surface area contributed by atoms with Gasteiger partial charge in [-0.25, -0.2) is 14.7 Å². The number of rotatable bonds is 4. The SMILES string of the molecule is CN1C(=O)C(=O)N(CC(=O)N2N=C(c3cccs3)C[C@H]2c2ccco2)C1=O. The first-order valence-electron chi connectivity index (χ1n) is 8.07. The Morgan fingerprint density at radius 1 is 1.26 bits per heavy atom. The number of carbonyl (C=O) groups excluding carboxylic acids is 4. The number of thiophene rings is 1. The largest absolute Gasteiger partial charge is 0.467 e. The Bertz CT molecular complexity index is 950. The standard InChI is InChI=1S/C17H14N4O5S/c1-19-15(23)16(24)20(17(19)25)9-14(22)21-11(12-4-2-6-26-12)8-10(18-21)13-5-3-7-27-13/h2-7,11H,8-9H2,1H3/t11-/m0/s1. The lowest BCUT2D eigenvalue weighted by molar-refractivity contribution is -0.145. The van der Waals surface area contributed by atoms with Crippen LogP contribution in [0.25, 0.3) is 0 Å². The van der Waals surface area contributed by atoms with Crippen LogP contribution in [0.5, 0.6) is 0 Å². The molecule has 2 aromatic heterocycles. The van der Waals surface area contributed by atoms with Gasteiger partial charge < -0.3 is 4.42 Å². The maximum Gasteiger partial charge on any atom is 0.334 e. The predicted molar refractivity (Wildman–Crippen MR) is 93.6 cm³/mol. The smallest absolute Gasteiger partial charge is 0.334 e. The monoisotopic (exact) mass is 386 g/mol. The Kier molecular flexibility index (Phi) is 4.11. The molecule has 2 aliphatic heterocycles. The van der Waals surface area contributed by atoms with Crippen LogP contribution in [0, 0.1) is 0 Å². The van der Waals surface area contributed by atoms with E-state index in [-0.39, 0.29) is 0 Å². The number of hydrazone groups is 1. The van der Waals surface area contributed by atoms with E-state index >= 15 is 0 Å². The van der Waals surface area contributed by atoms with Crippen LogP contribution in [0.1, 0.15) is 23.1 Å². The molecular weight excluding hydrogens is 372 g/mol. The van der Waals surface area contributed by atoms with Crippen molar-refractivity contribution in [2.45, 2.75) is 12.5 Å². The molecule has 138 valence electrons. The highest BCUT2D eigenvalue weighted by atomic mass is 32.1. The van der Waals surface area contributed by atoms with E-state index in [1.165, 1.54) is 29.7 Å². The number of imide groups is 2. The van der Waals surface area contributed by atoms with Crippen LogP contribution < -0.4 is 0 Å². The third kappa shape index (κ3) is 2.83. The Morgan fingerprint density at radius 2 is 2.07 bits per heavy atom. The van der Waals surface area contributed by atoms with Gasteiger partial charge in [-0.3, -0.25) is 19.3 Å². The maximum atomic E-state index is 12.8. The summed E-state index contributed by atoms with van der Waals surface area (Å²) in [4.78, 5) is 50.7. The summed E-state index contributed by atoms with van der Waals surface area (Å²) in [7, 11) is 1.20. The number of amides is 5. The molecule has 4 rings (SSSR count). The van der Waals surface area contributed by atoms with Crippen LogP contribution in [0.15, 0.2) is 45.4 Å². The quantitative estimate of drug-likeness (QED) is 0.584. The van der Waals surface area contributed by atoms with Crippen molar-refractivity contribution in [2.24, 2.45) is 5.10 Å². The number of hydrogen-bond acceptors (Lipinski definition) is 7. The number of nitrogens with zero attached hydrogens (tertiary/aromatic N) is 4. The zero-order valence-electron chi connectivity index (χ0n) is 14.2. The van der Waals surface area contributed by atoms with Gasteiger partial charge in [0.25, 0.3) is 5.91 Å². The first-order chi connectivity index (χ1) is 13.0. The molecule has 0 aromatic carbocycles. The molecule has 1 fully saturated rings. The lowest BCUT2D eigenvalue weighted by Crippen LogP contribution is -2.41. The van der Waals surface area contributed by atoms with Crippen molar-refractivity contribution < 1.29 is 23.6 Å². The molecule has 27 heavy (non-hydrogen) atoms. The summed E-state index contributed by atoms with van der Waals surface area (Å²) in [6.07, 6.45) is 1.95. The molecule has 0 aliphatic carbocycles. The van der Waals surface area contributed by atoms with E-state index in [1.54, 1.807) is 12.1 Å². The van der Waals surface area contributed by atoms with Gasteiger partial charge in [-0.05, 0) is 23.6 Å². The first kappa shape index (κ1) is 17.2. The van der Waals surface area contributed by atoms with Crippen LogP contribution in [0.4, 0.5) is 4.79 Å². The molecule has 2 aliphatic rings. The molecule has 1 atom stereocenters. The van der Waals surface area contributed by atoms with Crippen molar-refractivity contribution >= 4 is 40.8 Å². The molecular formula is C17H14N4O5S. The number of furan rings is 1. The molecule has 2 aromatic rings. The van der Waals surface area contributed by atoms with Gasteiger partial charge >= 0.3 is 17.8 Å². The van der Waals surface area contributed by atoms with Crippen LogP contribution in [-0.4, -0.2) is 57.9 Å². The second-order valence-corrected chi connectivity index (χ2v) is 6.98. The topological polar surface area (TPSA) is 104 Å². The van der Waals surface area contributed by atoms with E-state index in [0.29, 0.717) is 27.7 Å². The summed E-state index contributed by atoms with van der Waals surface area (Å²) >= 11 is 1.50. The number of carbonyl (C=O) groups is 4. The normalized spacial score (nSPS) is 20.0. The minimum atomic E-state index is -1.02. The van der Waals surface area contributed by atoms with Crippen molar-refractivity contribution in [3.63, 3.8) is 0 Å². The Balaban J connectivity index is 1.60. The highest BCUT2D eigenvalue weighted by Crippen LogP contribution is 2.34. The molecule has 9 nitrogen and oxygen atoms in total. The fourth-order valence-electron chi connectivity index (χ4n) is 3.00. The Hall–Kier alpha value is -3.27. The Labute approximate surface area is 157 Å². The van der Waals surface area contributed by atoms with Gasteiger partial charge in [0.05, 0.1) is 16.9 Å². The van der Waals surface area contributed by atoms with E-state index < -0.39 is 36.3 Å². The number of hydrogen-bond donors (Lipinski definition) is 0. The van der Waals surface area contributed by atoms with Gasteiger partial charge in [0, 0.05) is 13.5 Å². The van der Waals surface area contributed by atoms with Crippen LogP contribution in [-0.2, 0) is 14.4 Å². The Morgan fingerprint density at radius 3 is 2.67 bits per heavy atom. The highest BCUT2D eigenvalue weighted by Gasteiger charge is 2.45. The van der Waals surface area contributed by atoms with Crippen LogP contribution in [0.3, 0.4) is 0 Å². The van der Waals surface area contributed by atoms with Gasteiger partial charge in [-0.2, -0.15) is 5.10 Å². The molecule has 0 N–H and O–H groups in total. The minimum absolute atomic E-state index is 0.445. The summed E-state index contributed by atoms with van der Waals surface area (Å²) in [6, 6.07) is 5.93. The molecule has 1 saturated heterocycles. The fraction of sp³-hybridized carbons (Fsp3) is 0.235. The molecule has 10 heteroatoms. The molecule has 0 bridgehead atoms. The average molecular weight is 386 g/mol. The molecule has 5 amide bonds. The molecule has 0 spiro atoms. The zero-order valence-corrected chi connectivity index (χ0v) is 15.0. The summed E-state index contributed by atoms with van der Waals surface area (Å²) < 4.78 is 5.44. The maximum absolute atomic E-state index is 12.8. The summed E-state index contributed by atoms with van der Waals surface area (Å²) in [5, 5.41) is 7.53. The van der Waals surface area contributed by atoms with Crippen molar-refractivity contribution in [1.82, 2.24) is 14.8 Å². The van der Waals surface area contributed by atoms with Crippen molar-refractivity contribution in [1.29, 1.82) is 0 Å². The lowest BCUT2D eigenvalue weighted by atomic mass is 10.1. The van der Waals surface area contributed by atoms with E-state index in [4.69, 9.17) is 4.42 Å². The van der Waals surface area contributed by atoms with Crippen molar-refractivity contribution in [2.75, 3.05) is 13.6 Å². The van der Waals surface area contributed by atoms with Gasteiger partial charge in [-0.1, -0.05) is 6.07 Å². The number of urea groups is 1. The summed E-state index contributed by atoms with van der Waals surface area (Å²) in [5.74, 6) is -2.01. The third-order valence-electron chi connectivity index (χ3n) is 4.39. The second kappa shape index (κ2) is 6.47. The van der Waals surface area contributed by atoms with Crippen LogP contribution in [0.2, 0.25) is 0 Å². The minimum Gasteiger partial charge on any atom is -0.467 e. The summed E-state index contributed by atoms with van der Waals surface area (Å²) in [6.45, 7) is -0.563. The van der Waals surface area contributed by atoms with Crippen molar-refractivity contribution in [3.8, 4) is 0 Å². The highest BCUT2D eigenvalue weighted by molar-refractivity contribution is 7.12. The fourth-order valence-corrected chi connectivity index (χ4v) is 3.72. The van der Waals surface area contributed by atoms with Crippen molar-refractivity contribution in [3.05, 3.63) is 46.5 Å². The molecule has 4 heterocycles. The van der Waals surface area contributed by atoms with Crippen LogP contribution >= 0.6 is 11.3 Å². The van der Waals surface area contributed by atoms with Gasteiger partial charge in [-0.15, -0.1) is 11.3 Å². The zero-order chi connectivity index (χ0) is 19.1. The van der Waals surface area contributed by atoms with Gasteiger partial charge in [0.15, 0.2) is 0 Å². The molecule has 0 radical (unpaired) electrons. The van der Waals surface area contributed by atoms with Gasteiger partial charge in [0.2, 0.25) is 0 Å². The predicted octanol–water partition coefficient (Wildman–Crippen LogP) is 1.44. The summed E-state index contributed by atoms with van der Waals surface area (Å²) in [5.41, 5.74) is 0.715. The third-order valence-corrected chi connectivity index (χ3v) is 5.31. The van der Waals surface area contributed by atoms with E-state index in [2.05, 4.69) is 5.10 Å². The number of likely N-dealkylation sites (N-methyl/N-ethyl adjacent to an activating group) is 1. The lowest BCUT2D eigenvalue weighted by Gasteiger charge is -2.21. The molecule has 0 saturated carbocycles. The van der Waals surface area contributed by atoms with Gasteiger partial charge in [0.1, 0.15) is 18.3 Å². The van der Waals surface area contributed by atoms with E-state index in [0.717, 1.165) is 4.88 Å². The first-order valence-corrected chi connectivity index (χ1v) is 8.95.